The van der Waals surface area contributed by atoms with Crippen molar-refractivity contribution in [3.8, 4) is 5.75 Å². The number of pyridine rings is 1. The lowest BCUT2D eigenvalue weighted by atomic mass is 10.3. The van der Waals surface area contributed by atoms with Gasteiger partial charge in [0.05, 0.1) is 15.7 Å². The zero-order valence-electron chi connectivity index (χ0n) is 10.4. The number of nitrogens with one attached hydrogen (secondary N) is 2. The van der Waals surface area contributed by atoms with Crippen LogP contribution < -0.4 is 21.3 Å². The van der Waals surface area contributed by atoms with E-state index in [2.05, 4.69) is 20.5 Å². The second-order valence-electron chi connectivity index (χ2n) is 3.79. The van der Waals surface area contributed by atoms with Crippen molar-refractivity contribution in [3.63, 3.8) is 0 Å². The van der Waals surface area contributed by atoms with Crippen LogP contribution in [0.5, 0.6) is 5.75 Å². The second-order valence-corrected chi connectivity index (χ2v) is 4.61. The monoisotopic (exact) mass is 334 g/mol. The number of rotatable bonds is 5. The molecule has 5 nitrogen and oxygen atoms in total. The Morgan fingerprint density at radius 3 is 2.48 bits per heavy atom. The van der Waals surface area contributed by atoms with Crippen molar-refractivity contribution in [1.29, 1.82) is 0 Å². The van der Waals surface area contributed by atoms with E-state index in [0.29, 0.717) is 0 Å². The fraction of sp³-hybridized carbons (Fsp3) is 0.0833. The number of hydrogen-bond donors (Lipinski definition) is 3. The number of aromatic nitrogens is 1. The molecule has 1 heterocycles. The number of nitrogens with two attached hydrogens (primary N) is 1. The minimum atomic E-state index is -2.94. The summed E-state index contributed by atoms with van der Waals surface area (Å²) in [6.45, 7) is -2.94. The molecule has 0 unspecified atom stereocenters. The molecule has 0 aliphatic rings. The molecule has 0 amide bonds. The maximum absolute atomic E-state index is 12.4. The van der Waals surface area contributed by atoms with Gasteiger partial charge in [-0.3, -0.25) is 0 Å². The lowest BCUT2D eigenvalue weighted by Crippen LogP contribution is -2.10. The molecule has 2 rings (SSSR count). The van der Waals surface area contributed by atoms with Crippen LogP contribution in [0.25, 0.3) is 0 Å². The first kappa shape index (κ1) is 15.6. The van der Waals surface area contributed by atoms with Crippen LogP contribution in [0.15, 0.2) is 30.3 Å². The molecule has 0 saturated heterocycles. The highest BCUT2D eigenvalue weighted by Crippen LogP contribution is 2.34. The number of hydrazine groups is 1. The van der Waals surface area contributed by atoms with Gasteiger partial charge in [-0.25, -0.2) is 10.8 Å². The first-order valence-corrected chi connectivity index (χ1v) is 6.40. The molecule has 0 radical (unpaired) electrons. The number of alkyl halides is 2. The average molecular weight is 335 g/mol. The number of benzene rings is 1. The third-order valence-electron chi connectivity index (χ3n) is 2.42. The van der Waals surface area contributed by atoms with Crippen molar-refractivity contribution in [1.82, 2.24) is 4.98 Å². The van der Waals surface area contributed by atoms with Gasteiger partial charge in [-0.05, 0) is 18.2 Å². The standard InChI is InChI=1S/C12H10Cl2F2N4O/c13-6-5-7(14)11(20-17)19-10(6)18-8-3-1-2-4-9(8)21-12(15)16/h1-5,12H,17H2,(H2,18,19,20). The van der Waals surface area contributed by atoms with Gasteiger partial charge < -0.3 is 15.5 Å². The highest BCUT2D eigenvalue weighted by molar-refractivity contribution is 6.37. The molecule has 0 bridgehead atoms. The number of nitrogens with zero attached hydrogens (tertiary/aromatic N) is 1. The van der Waals surface area contributed by atoms with Gasteiger partial charge in [0.25, 0.3) is 0 Å². The summed E-state index contributed by atoms with van der Waals surface area (Å²) >= 11 is 11.9. The lowest BCUT2D eigenvalue weighted by Gasteiger charge is -2.14. The highest BCUT2D eigenvalue weighted by Gasteiger charge is 2.13. The Labute approximate surface area is 129 Å². The van der Waals surface area contributed by atoms with E-state index in [-0.39, 0.29) is 33.1 Å². The number of nitrogen functional groups attached to an aromatic ring is 1. The largest absolute Gasteiger partial charge is 0.433 e. The van der Waals surface area contributed by atoms with Crippen molar-refractivity contribution < 1.29 is 13.5 Å². The molecule has 0 aliphatic heterocycles. The van der Waals surface area contributed by atoms with Crippen molar-refractivity contribution in [3.05, 3.63) is 40.4 Å². The van der Waals surface area contributed by atoms with E-state index in [1.807, 2.05) is 0 Å². The summed E-state index contributed by atoms with van der Waals surface area (Å²) in [7, 11) is 0. The smallest absolute Gasteiger partial charge is 0.387 e. The van der Waals surface area contributed by atoms with Gasteiger partial charge in [0.1, 0.15) is 5.75 Å². The van der Waals surface area contributed by atoms with Crippen LogP contribution in [0.4, 0.5) is 26.1 Å². The Morgan fingerprint density at radius 1 is 1.14 bits per heavy atom. The number of ether oxygens (including phenoxy) is 1. The predicted molar refractivity (Wildman–Crippen MR) is 78.4 cm³/mol. The minimum Gasteiger partial charge on any atom is -0.433 e. The zero-order chi connectivity index (χ0) is 15.4. The molecule has 4 N–H and O–H groups in total. The molecular formula is C12H10Cl2F2N4O. The third kappa shape index (κ3) is 3.84. The summed E-state index contributed by atoms with van der Waals surface area (Å²) in [6.07, 6.45) is 0. The summed E-state index contributed by atoms with van der Waals surface area (Å²) in [5.74, 6) is 5.61. The highest BCUT2D eigenvalue weighted by atomic mass is 35.5. The van der Waals surface area contributed by atoms with Crippen LogP contribution in [-0.2, 0) is 0 Å². The van der Waals surface area contributed by atoms with Gasteiger partial charge >= 0.3 is 6.61 Å². The second kappa shape index (κ2) is 6.75. The molecule has 112 valence electrons. The fourth-order valence-electron chi connectivity index (χ4n) is 1.55. The van der Waals surface area contributed by atoms with E-state index < -0.39 is 6.61 Å². The Kier molecular flexibility index (Phi) is 5.00. The first-order chi connectivity index (χ1) is 10.0. The van der Waals surface area contributed by atoms with Crippen LogP contribution in [0, 0.1) is 0 Å². The molecule has 0 saturated carbocycles. The topological polar surface area (TPSA) is 72.2 Å². The van der Waals surface area contributed by atoms with Crippen LogP contribution in [0.3, 0.4) is 0 Å². The van der Waals surface area contributed by atoms with Gasteiger partial charge in [-0.1, -0.05) is 35.3 Å². The van der Waals surface area contributed by atoms with Crippen molar-refractivity contribution >= 4 is 40.5 Å². The lowest BCUT2D eigenvalue weighted by molar-refractivity contribution is -0.0493. The molecule has 2 aromatic rings. The van der Waals surface area contributed by atoms with Crippen molar-refractivity contribution in [2.75, 3.05) is 10.7 Å². The number of para-hydroxylation sites is 2. The van der Waals surface area contributed by atoms with Crippen LogP contribution in [0.1, 0.15) is 0 Å². The maximum atomic E-state index is 12.4. The van der Waals surface area contributed by atoms with Crippen LogP contribution in [0.2, 0.25) is 10.0 Å². The summed E-state index contributed by atoms with van der Waals surface area (Å²) < 4.78 is 29.1. The average Bonchev–Trinajstić information content (AvgIpc) is 2.43. The molecular weight excluding hydrogens is 325 g/mol. The minimum absolute atomic E-state index is 0.0393. The van der Waals surface area contributed by atoms with Crippen molar-refractivity contribution in [2.45, 2.75) is 6.61 Å². The molecule has 0 atom stereocenters. The van der Waals surface area contributed by atoms with Gasteiger partial charge in [0.2, 0.25) is 0 Å². The molecule has 0 aliphatic carbocycles. The molecule has 1 aromatic carbocycles. The quantitative estimate of drug-likeness (QED) is 0.569. The number of hydrogen-bond acceptors (Lipinski definition) is 5. The Balaban J connectivity index is 2.34. The van der Waals surface area contributed by atoms with E-state index in [0.717, 1.165) is 0 Å². The summed E-state index contributed by atoms with van der Waals surface area (Å²) in [5.41, 5.74) is 2.58. The van der Waals surface area contributed by atoms with E-state index >= 15 is 0 Å². The molecule has 1 aromatic heterocycles. The van der Waals surface area contributed by atoms with Crippen LogP contribution in [-0.4, -0.2) is 11.6 Å². The molecule has 0 fully saturated rings. The zero-order valence-corrected chi connectivity index (χ0v) is 11.9. The SMILES string of the molecule is NNc1nc(Nc2ccccc2OC(F)F)c(Cl)cc1Cl. The van der Waals surface area contributed by atoms with Gasteiger partial charge in [-0.2, -0.15) is 8.78 Å². The molecule has 0 spiro atoms. The summed E-state index contributed by atoms with van der Waals surface area (Å²) in [4.78, 5) is 4.05. The van der Waals surface area contributed by atoms with Crippen molar-refractivity contribution in [2.24, 2.45) is 5.84 Å². The summed E-state index contributed by atoms with van der Waals surface area (Å²) in [5, 5.41) is 3.22. The van der Waals surface area contributed by atoms with Gasteiger partial charge in [0.15, 0.2) is 11.6 Å². The predicted octanol–water partition coefficient (Wildman–Crippen LogP) is 4.02. The third-order valence-corrected chi connectivity index (χ3v) is 3.00. The number of halogens is 4. The molecule has 9 heteroatoms. The maximum Gasteiger partial charge on any atom is 0.387 e. The Bertz CT molecular complexity index is 643. The van der Waals surface area contributed by atoms with E-state index in [1.165, 1.54) is 12.1 Å². The Morgan fingerprint density at radius 2 is 1.81 bits per heavy atom. The van der Waals surface area contributed by atoms with E-state index in [4.69, 9.17) is 29.0 Å². The Hall–Kier alpha value is -1.83. The van der Waals surface area contributed by atoms with Crippen LogP contribution >= 0.6 is 23.2 Å². The normalized spacial score (nSPS) is 10.6. The first-order valence-electron chi connectivity index (χ1n) is 5.64. The van der Waals surface area contributed by atoms with Gasteiger partial charge in [-0.15, -0.1) is 0 Å². The molecule has 21 heavy (non-hydrogen) atoms. The van der Waals surface area contributed by atoms with Gasteiger partial charge in [0, 0.05) is 0 Å². The van der Waals surface area contributed by atoms with E-state index in [9.17, 15) is 8.78 Å². The number of anilines is 3. The fourth-order valence-corrected chi connectivity index (χ4v) is 2.01. The summed E-state index contributed by atoms with van der Waals surface area (Å²) in [6, 6.07) is 7.56. The van der Waals surface area contributed by atoms with E-state index in [1.54, 1.807) is 18.2 Å².